The van der Waals surface area contributed by atoms with Crippen LogP contribution >= 0.6 is 0 Å². The summed E-state index contributed by atoms with van der Waals surface area (Å²) in [6, 6.07) is 5.79. The molecule has 100 valence electrons. The number of ether oxygens (including phenoxy) is 1. The van der Waals surface area contributed by atoms with E-state index in [0.717, 1.165) is 16.0 Å². The van der Waals surface area contributed by atoms with E-state index in [2.05, 4.69) is 0 Å². The largest absolute Gasteiger partial charge is 0.465 e. The Morgan fingerprint density at radius 1 is 1.33 bits per heavy atom. The Morgan fingerprint density at radius 3 is 2.56 bits per heavy atom. The van der Waals surface area contributed by atoms with Crippen molar-refractivity contribution in [3.8, 4) is 0 Å². The van der Waals surface area contributed by atoms with Gasteiger partial charge in [0.15, 0.2) is 0 Å². The molecule has 3 nitrogen and oxygen atoms in total. The quantitative estimate of drug-likeness (QED) is 0.771. The van der Waals surface area contributed by atoms with Crippen LogP contribution in [-0.2, 0) is 20.3 Å². The van der Waals surface area contributed by atoms with Crippen molar-refractivity contribution in [2.24, 2.45) is 0 Å². The first-order chi connectivity index (χ1) is 8.51. The summed E-state index contributed by atoms with van der Waals surface area (Å²) >= 11 is 0. The number of rotatable bonds is 5. The van der Waals surface area contributed by atoms with Crippen molar-refractivity contribution in [1.82, 2.24) is 0 Å². The smallest absolute Gasteiger partial charge is 0.322 e. The standard InChI is InChI=1S/C14H20O3S/c1-5-12(14(15)17-6-2)18(16)13-9-10(3)7-8-11(13)4/h7-9,12H,5-6H2,1-4H3. The first kappa shape index (κ1) is 14.9. The highest BCUT2D eigenvalue weighted by Gasteiger charge is 2.26. The molecule has 0 N–H and O–H groups in total. The molecule has 0 aromatic heterocycles. The minimum absolute atomic E-state index is 0.319. The lowest BCUT2D eigenvalue weighted by molar-refractivity contribution is -0.142. The third kappa shape index (κ3) is 3.42. The van der Waals surface area contributed by atoms with Crippen LogP contribution in [0.2, 0.25) is 0 Å². The van der Waals surface area contributed by atoms with Crippen molar-refractivity contribution in [2.45, 2.75) is 44.3 Å². The van der Waals surface area contributed by atoms with E-state index < -0.39 is 16.0 Å². The lowest BCUT2D eigenvalue weighted by Crippen LogP contribution is -2.28. The monoisotopic (exact) mass is 268 g/mol. The van der Waals surface area contributed by atoms with Gasteiger partial charge in [-0.25, -0.2) is 0 Å². The Labute approximate surface area is 111 Å². The van der Waals surface area contributed by atoms with Gasteiger partial charge in [-0.05, 0) is 44.4 Å². The van der Waals surface area contributed by atoms with E-state index >= 15 is 0 Å². The number of carbonyl (C=O) groups excluding carboxylic acids is 1. The van der Waals surface area contributed by atoms with E-state index in [1.54, 1.807) is 6.92 Å². The van der Waals surface area contributed by atoms with Gasteiger partial charge < -0.3 is 4.74 Å². The van der Waals surface area contributed by atoms with Crippen LogP contribution in [0.15, 0.2) is 23.1 Å². The average Bonchev–Trinajstić information content (AvgIpc) is 2.33. The van der Waals surface area contributed by atoms with Crippen LogP contribution in [0.3, 0.4) is 0 Å². The molecule has 18 heavy (non-hydrogen) atoms. The van der Waals surface area contributed by atoms with Crippen molar-refractivity contribution >= 4 is 16.8 Å². The van der Waals surface area contributed by atoms with Gasteiger partial charge in [-0.2, -0.15) is 0 Å². The maximum atomic E-state index is 12.5. The lowest BCUT2D eigenvalue weighted by atomic mass is 10.2. The van der Waals surface area contributed by atoms with Gasteiger partial charge >= 0.3 is 5.97 Å². The summed E-state index contributed by atoms with van der Waals surface area (Å²) in [5, 5.41) is -0.578. The molecule has 0 saturated carbocycles. The molecule has 2 unspecified atom stereocenters. The molecule has 0 radical (unpaired) electrons. The fourth-order valence-corrected chi connectivity index (χ4v) is 3.26. The number of esters is 1. The lowest BCUT2D eigenvalue weighted by Gasteiger charge is -2.15. The molecule has 0 fully saturated rings. The van der Waals surface area contributed by atoms with Gasteiger partial charge in [-0.15, -0.1) is 0 Å². The summed E-state index contributed by atoms with van der Waals surface area (Å²) < 4.78 is 17.5. The Balaban J connectivity index is 3.03. The van der Waals surface area contributed by atoms with Crippen LogP contribution in [0.5, 0.6) is 0 Å². The molecule has 2 atom stereocenters. The molecule has 4 heteroatoms. The minimum atomic E-state index is -1.35. The van der Waals surface area contributed by atoms with Gasteiger partial charge in [-0.3, -0.25) is 9.00 Å². The van der Waals surface area contributed by atoms with Crippen LogP contribution in [0.25, 0.3) is 0 Å². The summed E-state index contributed by atoms with van der Waals surface area (Å²) in [6.45, 7) is 7.78. The van der Waals surface area contributed by atoms with Crippen molar-refractivity contribution in [2.75, 3.05) is 6.61 Å². The van der Waals surface area contributed by atoms with E-state index in [1.807, 2.05) is 39.0 Å². The summed E-state index contributed by atoms with van der Waals surface area (Å²) in [6.07, 6.45) is 0.513. The summed E-state index contributed by atoms with van der Waals surface area (Å²) in [7, 11) is -1.35. The molecule has 0 heterocycles. The highest BCUT2D eigenvalue weighted by atomic mass is 32.2. The topological polar surface area (TPSA) is 43.4 Å². The number of hydrogen-bond acceptors (Lipinski definition) is 3. The molecule has 0 aliphatic heterocycles. The SMILES string of the molecule is CCOC(=O)C(CC)S(=O)c1cc(C)ccc1C. The van der Waals surface area contributed by atoms with Crippen molar-refractivity contribution in [3.05, 3.63) is 29.3 Å². The second-order valence-electron chi connectivity index (χ2n) is 4.22. The minimum Gasteiger partial charge on any atom is -0.465 e. The molecule has 0 saturated heterocycles. The third-order valence-electron chi connectivity index (χ3n) is 2.74. The molecule has 0 spiro atoms. The first-order valence-corrected chi connectivity index (χ1v) is 7.37. The fraction of sp³-hybridized carbons (Fsp3) is 0.500. The molecule has 0 amide bonds. The molecular weight excluding hydrogens is 248 g/mol. The van der Waals surface area contributed by atoms with Gasteiger partial charge in [0.25, 0.3) is 0 Å². The van der Waals surface area contributed by atoms with Gasteiger partial charge in [0.1, 0.15) is 5.25 Å². The van der Waals surface area contributed by atoms with Crippen LogP contribution in [0.1, 0.15) is 31.4 Å². The average molecular weight is 268 g/mol. The Kier molecular flexibility index (Phi) is 5.54. The second-order valence-corrected chi connectivity index (χ2v) is 5.82. The molecule has 0 aliphatic carbocycles. The Hall–Kier alpha value is -1.16. The number of hydrogen-bond donors (Lipinski definition) is 0. The highest BCUT2D eigenvalue weighted by molar-refractivity contribution is 7.86. The zero-order valence-corrected chi connectivity index (χ0v) is 12.2. The molecule has 1 aromatic rings. The van der Waals surface area contributed by atoms with E-state index in [9.17, 15) is 9.00 Å². The molecule has 0 bridgehead atoms. The zero-order chi connectivity index (χ0) is 13.7. The number of aryl methyl sites for hydroxylation is 2. The summed E-state index contributed by atoms with van der Waals surface area (Å²) in [4.78, 5) is 12.5. The molecule has 0 aliphatic rings. The van der Waals surface area contributed by atoms with Crippen LogP contribution in [0, 0.1) is 13.8 Å². The maximum absolute atomic E-state index is 12.5. The first-order valence-electron chi connectivity index (χ1n) is 6.15. The molecule has 1 rings (SSSR count). The predicted molar refractivity (Wildman–Crippen MR) is 73.0 cm³/mol. The summed E-state index contributed by atoms with van der Waals surface area (Å²) in [5.74, 6) is -0.376. The van der Waals surface area contributed by atoms with Crippen molar-refractivity contribution in [1.29, 1.82) is 0 Å². The molecule has 1 aromatic carbocycles. The van der Waals surface area contributed by atoms with E-state index in [0.29, 0.717) is 13.0 Å². The van der Waals surface area contributed by atoms with E-state index in [1.165, 1.54) is 0 Å². The zero-order valence-electron chi connectivity index (χ0n) is 11.4. The van der Waals surface area contributed by atoms with Crippen LogP contribution in [-0.4, -0.2) is 22.0 Å². The van der Waals surface area contributed by atoms with Gasteiger partial charge in [0.2, 0.25) is 0 Å². The highest BCUT2D eigenvalue weighted by Crippen LogP contribution is 2.20. The maximum Gasteiger partial charge on any atom is 0.322 e. The Morgan fingerprint density at radius 2 is 2.00 bits per heavy atom. The van der Waals surface area contributed by atoms with Crippen LogP contribution < -0.4 is 0 Å². The Bertz CT molecular complexity index is 454. The second kappa shape index (κ2) is 6.69. The van der Waals surface area contributed by atoms with Crippen LogP contribution in [0.4, 0.5) is 0 Å². The van der Waals surface area contributed by atoms with Gasteiger partial charge in [-0.1, -0.05) is 19.1 Å². The summed E-state index contributed by atoms with van der Waals surface area (Å²) in [5.41, 5.74) is 1.99. The van der Waals surface area contributed by atoms with Crippen molar-refractivity contribution < 1.29 is 13.7 Å². The van der Waals surface area contributed by atoms with Gasteiger partial charge in [0, 0.05) is 4.90 Å². The predicted octanol–water partition coefficient (Wildman–Crippen LogP) is 2.75. The van der Waals surface area contributed by atoms with E-state index in [-0.39, 0.29) is 5.97 Å². The third-order valence-corrected chi connectivity index (χ3v) is 4.66. The number of benzene rings is 1. The normalized spacial score (nSPS) is 14.0. The van der Waals surface area contributed by atoms with E-state index in [4.69, 9.17) is 4.74 Å². The van der Waals surface area contributed by atoms with Crippen molar-refractivity contribution in [3.63, 3.8) is 0 Å². The van der Waals surface area contributed by atoms with Gasteiger partial charge in [0.05, 0.1) is 17.4 Å². The fourth-order valence-electron chi connectivity index (χ4n) is 1.72. The number of carbonyl (C=O) groups is 1. The molecular formula is C14H20O3S.